The Morgan fingerprint density at radius 1 is 0.967 bits per heavy atom. The van der Waals surface area contributed by atoms with Crippen molar-refractivity contribution in [3.05, 3.63) is 52.4 Å². The molecule has 2 aromatic carbocycles. The number of hydrogen-bond donors (Lipinski definition) is 1. The average molecular weight is 411 g/mol. The van der Waals surface area contributed by atoms with E-state index in [0.717, 1.165) is 31.3 Å². The zero-order valence-electron chi connectivity index (χ0n) is 18.0. The largest absolute Gasteiger partial charge is 0.507 e. The lowest BCUT2D eigenvalue weighted by Crippen LogP contribution is -2.25. The number of rotatable bonds is 9. The van der Waals surface area contributed by atoms with Crippen LogP contribution in [-0.4, -0.2) is 37.3 Å². The molecule has 0 fully saturated rings. The number of phenols is 1. The summed E-state index contributed by atoms with van der Waals surface area (Å²) in [5.41, 5.74) is 1.55. The second-order valence-corrected chi connectivity index (χ2v) is 7.27. The number of benzene rings is 2. The standard InChI is InChI=1S/C24H29NO5/c1-5-11-25(12-6-2)15-20-21(26)9-7-16-13-19(24(27)30-23(16)20)18-14-17(28-3)8-10-22(18)29-4/h7-10,13-14,26H,5-6,11-12,15H2,1-4H3. The molecule has 0 aliphatic heterocycles. The van der Waals surface area contributed by atoms with Crippen LogP contribution >= 0.6 is 0 Å². The second kappa shape index (κ2) is 9.67. The van der Waals surface area contributed by atoms with Crippen molar-refractivity contribution < 1.29 is 19.0 Å². The molecule has 0 saturated heterocycles. The monoisotopic (exact) mass is 411 g/mol. The Hall–Kier alpha value is -2.99. The van der Waals surface area contributed by atoms with Crippen LogP contribution in [0.2, 0.25) is 0 Å². The Bertz CT molecular complexity index is 1070. The lowest BCUT2D eigenvalue weighted by atomic mass is 10.0. The molecule has 6 heteroatoms. The number of nitrogens with zero attached hydrogens (tertiary/aromatic N) is 1. The summed E-state index contributed by atoms with van der Waals surface area (Å²) in [6.07, 6.45) is 2.02. The fraction of sp³-hybridized carbons (Fsp3) is 0.375. The van der Waals surface area contributed by atoms with Crippen LogP contribution in [0.4, 0.5) is 0 Å². The van der Waals surface area contributed by atoms with Crippen molar-refractivity contribution in [2.24, 2.45) is 0 Å². The molecule has 3 rings (SSSR count). The van der Waals surface area contributed by atoms with Crippen LogP contribution in [0.15, 0.2) is 45.6 Å². The predicted molar refractivity (Wildman–Crippen MR) is 119 cm³/mol. The smallest absolute Gasteiger partial charge is 0.344 e. The molecule has 3 aromatic rings. The lowest BCUT2D eigenvalue weighted by molar-refractivity contribution is 0.262. The molecule has 0 radical (unpaired) electrons. The predicted octanol–water partition coefficient (Wildman–Crippen LogP) is 4.80. The van der Waals surface area contributed by atoms with Gasteiger partial charge in [-0.2, -0.15) is 0 Å². The summed E-state index contributed by atoms with van der Waals surface area (Å²) in [6, 6.07) is 10.5. The lowest BCUT2D eigenvalue weighted by Gasteiger charge is -2.22. The third kappa shape index (κ3) is 4.44. The Kier molecular flexibility index (Phi) is 7.00. The third-order valence-electron chi connectivity index (χ3n) is 5.14. The molecule has 6 nitrogen and oxygen atoms in total. The van der Waals surface area contributed by atoms with Crippen LogP contribution in [0.3, 0.4) is 0 Å². The van der Waals surface area contributed by atoms with E-state index in [4.69, 9.17) is 13.9 Å². The van der Waals surface area contributed by atoms with Gasteiger partial charge in [-0.15, -0.1) is 0 Å². The molecule has 0 atom stereocenters. The van der Waals surface area contributed by atoms with Crippen LogP contribution < -0.4 is 15.1 Å². The molecule has 0 unspecified atom stereocenters. The van der Waals surface area contributed by atoms with Gasteiger partial charge in [0.05, 0.1) is 25.3 Å². The van der Waals surface area contributed by atoms with Crippen molar-refractivity contribution in [3.8, 4) is 28.4 Å². The van der Waals surface area contributed by atoms with E-state index in [9.17, 15) is 9.90 Å². The molecule has 0 aliphatic rings. The topological polar surface area (TPSA) is 72.1 Å². The Balaban J connectivity index is 2.14. The van der Waals surface area contributed by atoms with Gasteiger partial charge in [0, 0.05) is 17.5 Å². The van der Waals surface area contributed by atoms with Gasteiger partial charge >= 0.3 is 5.63 Å². The zero-order valence-corrected chi connectivity index (χ0v) is 18.0. The van der Waals surface area contributed by atoms with E-state index in [0.29, 0.717) is 40.3 Å². The first kappa shape index (κ1) is 21.7. The maximum absolute atomic E-state index is 12.9. The quantitative estimate of drug-likeness (QED) is 0.510. The number of fused-ring (bicyclic) bond motifs is 1. The van der Waals surface area contributed by atoms with E-state index in [1.165, 1.54) is 0 Å². The van der Waals surface area contributed by atoms with E-state index < -0.39 is 5.63 Å². The first-order chi connectivity index (χ1) is 14.5. The van der Waals surface area contributed by atoms with Gasteiger partial charge in [-0.05, 0) is 62.3 Å². The summed E-state index contributed by atoms with van der Waals surface area (Å²) in [6.45, 7) is 6.59. The van der Waals surface area contributed by atoms with Crippen LogP contribution in [0.25, 0.3) is 22.1 Å². The molecule has 0 aliphatic carbocycles. The molecule has 0 amide bonds. The Morgan fingerprint density at radius 2 is 1.70 bits per heavy atom. The molecule has 0 bridgehead atoms. The van der Waals surface area contributed by atoms with Crippen molar-refractivity contribution in [2.45, 2.75) is 33.2 Å². The number of aromatic hydroxyl groups is 1. The Morgan fingerprint density at radius 3 is 2.33 bits per heavy atom. The first-order valence-electron chi connectivity index (χ1n) is 10.3. The SMILES string of the molecule is CCCN(CCC)Cc1c(O)ccc2cc(-c3cc(OC)ccc3OC)c(=O)oc12. The fourth-order valence-electron chi connectivity index (χ4n) is 3.72. The summed E-state index contributed by atoms with van der Waals surface area (Å²) >= 11 is 0. The van der Waals surface area contributed by atoms with Crippen molar-refractivity contribution in [1.82, 2.24) is 4.90 Å². The van der Waals surface area contributed by atoms with Gasteiger partial charge in [-0.25, -0.2) is 4.79 Å². The molecule has 1 N–H and O–H groups in total. The molecular formula is C24H29NO5. The molecular weight excluding hydrogens is 382 g/mol. The number of methoxy groups -OCH3 is 2. The van der Waals surface area contributed by atoms with Crippen molar-refractivity contribution in [2.75, 3.05) is 27.3 Å². The van der Waals surface area contributed by atoms with E-state index >= 15 is 0 Å². The van der Waals surface area contributed by atoms with Gasteiger partial charge in [0.15, 0.2) is 0 Å². The molecule has 1 aromatic heterocycles. The van der Waals surface area contributed by atoms with Gasteiger partial charge in [0.2, 0.25) is 0 Å². The fourth-order valence-corrected chi connectivity index (χ4v) is 3.72. The van der Waals surface area contributed by atoms with Gasteiger partial charge in [-0.3, -0.25) is 4.90 Å². The van der Waals surface area contributed by atoms with Crippen molar-refractivity contribution in [1.29, 1.82) is 0 Å². The third-order valence-corrected chi connectivity index (χ3v) is 5.14. The average Bonchev–Trinajstić information content (AvgIpc) is 2.75. The van der Waals surface area contributed by atoms with E-state index in [2.05, 4.69) is 18.7 Å². The van der Waals surface area contributed by atoms with Crippen molar-refractivity contribution >= 4 is 11.0 Å². The molecule has 0 spiro atoms. The van der Waals surface area contributed by atoms with Crippen LogP contribution in [0.5, 0.6) is 17.2 Å². The molecule has 0 saturated carbocycles. The minimum absolute atomic E-state index is 0.134. The van der Waals surface area contributed by atoms with Gasteiger partial charge in [0.25, 0.3) is 0 Å². The number of hydrogen-bond acceptors (Lipinski definition) is 6. The highest BCUT2D eigenvalue weighted by Gasteiger charge is 2.18. The number of phenolic OH excluding ortho intramolecular Hbond substituents is 1. The summed E-state index contributed by atoms with van der Waals surface area (Å²) in [5.74, 6) is 1.31. The summed E-state index contributed by atoms with van der Waals surface area (Å²) in [4.78, 5) is 15.2. The van der Waals surface area contributed by atoms with Crippen LogP contribution in [0, 0.1) is 0 Å². The van der Waals surface area contributed by atoms with Crippen LogP contribution in [-0.2, 0) is 6.54 Å². The maximum atomic E-state index is 12.9. The van der Waals surface area contributed by atoms with E-state index in [1.54, 1.807) is 50.6 Å². The zero-order chi connectivity index (χ0) is 21.7. The van der Waals surface area contributed by atoms with Gasteiger partial charge in [0.1, 0.15) is 22.8 Å². The van der Waals surface area contributed by atoms with E-state index in [-0.39, 0.29) is 5.75 Å². The summed E-state index contributed by atoms with van der Waals surface area (Å²) in [5, 5.41) is 11.2. The van der Waals surface area contributed by atoms with Gasteiger partial charge in [-0.1, -0.05) is 13.8 Å². The maximum Gasteiger partial charge on any atom is 0.344 e. The molecule has 30 heavy (non-hydrogen) atoms. The highest BCUT2D eigenvalue weighted by atomic mass is 16.5. The van der Waals surface area contributed by atoms with Crippen LogP contribution in [0.1, 0.15) is 32.3 Å². The minimum atomic E-state index is -0.488. The normalized spacial score (nSPS) is 11.2. The molecule has 160 valence electrons. The number of ether oxygens (including phenoxy) is 2. The Labute approximate surface area is 176 Å². The molecule has 1 heterocycles. The highest BCUT2D eigenvalue weighted by Crippen LogP contribution is 2.35. The van der Waals surface area contributed by atoms with E-state index in [1.807, 2.05) is 0 Å². The minimum Gasteiger partial charge on any atom is -0.507 e. The highest BCUT2D eigenvalue weighted by molar-refractivity contribution is 5.87. The van der Waals surface area contributed by atoms with Crippen molar-refractivity contribution in [3.63, 3.8) is 0 Å². The van der Waals surface area contributed by atoms with Gasteiger partial charge < -0.3 is 19.0 Å². The second-order valence-electron chi connectivity index (χ2n) is 7.27. The summed E-state index contributed by atoms with van der Waals surface area (Å²) in [7, 11) is 3.13. The summed E-state index contributed by atoms with van der Waals surface area (Å²) < 4.78 is 16.5. The first-order valence-corrected chi connectivity index (χ1v) is 10.3.